The molecule has 6 nitrogen and oxygen atoms in total. The fourth-order valence-electron chi connectivity index (χ4n) is 1.05. The third-order valence-corrected chi connectivity index (χ3v) is 2.04. The van der Waals surface area contributed by atoms with E-state index in [-0.39, 0.29) is 19.1 Å². The van der Waals surface area contributed by atoms with Gasteiger partial charge in [0, 0.05) is 20.7 Å². The number of ether oxygens (including phenoxy) is 1. The van der Waals surface area contributed by atoms with E-state index in [4.69, 9.17) is 5.11 Å². The van der Waals surface area contributed by atoms with Gasteiger partial charge in [-0.25, -0.2) is 0 Å². The molecule has 3 atom stereocenters. The molecular weight excluding hydrogens is 202 g/mol. The van der Waals surface area contributed by atoms with Gasteiger partial charge in [0.15, 0.2) is 0 Å². The van der Waals surface area contributed by atoms with Gasteiger partial charge in [0.25, 0.3) is 0 Å². The van der Waals surface area contributed by atoms with Gasteiger partial charge in [-0.1, -0.05) is 0 Å². The van der Waals surface area contributed by atoms with Crippen LogP contribution >= 0.6 is 0 Å². The zero-order chi connectivity index (χ0) is 12.0. The standard InChI is InChI=1S/C9H19NO5/c1-6(11)9(14)7(12)4-10(2)8(13)5-15-3/h6-7,9,11-12,14H,4-5H2,1-3H3. The summed E-state index contributed by atoms with van der Waals surface area (Å²) in [6.07, 6.45) is -3.47. The fourth-order valence-corrected chi connectivity index (χ4v) is 1.05. The predicted molar refractivity (Wildman–Crippen MR) is 53.2 cm³/mol. The van der Waals surface area contributed by atoms with E-state index in [1.165, 1.54) is 26.0 Å². The smallest absolute Gasteiger partial charge is 0.248 e. The maximum absolute atomic E-state index is 11.2. The van der Waals surface area contributed by atoms with Crippen molar-refractivity contribution in [2.45, 2.75) is 25.2 Å². The van der Waals surface area contributed by atoms with E-state index >= 15 is 0 Å². The van der Waals surface area contributed by atoms with Gasteiger partial charge < -0.3 is 25.0 Å². The highest BCUT2D eigenvalue weighted by Gasteiger charge is 2.23. The molecule has 0 fully saturated rings. The molecule has 0 aromatic heterocycles. The molecule has 0 bridgehead atoms. The van der Waals surface area contributed by atoms with E-state index in [9.17, 15) is 15.0 Å². The van der Waals surface area contributed by atoms with Crippen molar-refractivity contribution >= 4 is 5.91 Å². The minimum absolute atomic E-state index is 0.0474. The number of aliphatic hydroxyl groups excluding tert-OH is 3. The molecule has 0 saturated carbocycles. The third-order valence-electron chi connectivity index (χ3n) is 2.04. The summed E-state index contributed by atoms with van der Waals surface area (Å²) in [6, 6.07) is 0. The van der Waals surface area contributed by atoms with Crippen LogP contribution in [-0.2, 0) is 9.53 Å². The Labute approximate surface area is 89.1 Å². The van der Waals surface area contributed by atoms with Gasteiger partial charge in [0.2, 0.25) is 5.91 Å². The predicted octanol–water partition coefficient (Wildman–Crippen LogP) is -1.81. The molecule has 15 heavy (non-hydrogen) atoms. The molecule has 0 radical (unpaired) electrons. The zero-order valence-electron chi connectivity index (χ0n) is 9.25. The van der Waals surface area contributed by atoms with E-state index in [1.807, 2.05) is 0 Å². The first-order valence-electron chi connectivity index (χ1n) is 4.67. The van der Waals surface area contributed by atoms with Crippen molar-refractivity contribution in [3.8, 4) is 0 Å². The molecule has 90 valence electrons. The van der Waals surface area contributed by atoms with E-state index in [0.717, 1.165) is 0 Å². The minimum Gasteiger partial charge on any atom is -0.391 e. The molecular formula is C9H19NO5. The van der Waals surface area contributed by atoms with Crippen molar-refractivity contribution in [3.05, 3.63) is 0 Å². The van der Waals surface area contributed by atoms with Crippen LogP contribution in [0.25, 0.3) is 0 Å². The first-order chi connectivity index (χ1) is 6.90. The van der Waals surface area contributed by atoms with Crippen LogP contribution in [0.3, 0.4) is 0 Å². The van der Waals surface area contributed by atoms with Gasteiger partial charge in [0.05, 0.1) is 12.2 Å². The van der Waals surface area contributed by atoms with Gasteiger partial charge in [0.1, 0.15) is 12.7 Å². The Morgan fingerprint density at radius 2 is 1.93 bits per heavy atom. The Morgan fingerprint density at radius 1 is 1.40 bits per heavy atom. The minimum atomic E-state index is -1.26. The Morgan fingerprint density at radius 3 is 2.33 bits per heavy atom. The average Bonchev–Trinajstić information content (AvgIpc) is 2.16. The average molecular weight is 221 g/mol. The van der Waals surface area contributed by atoms with Crippen LogP contribution < -0.4 is 0 Å². The van der Waals surface area contributed by atoms with Crippen LogP contribution in [0.4, 0.5) is 0 Å². The summed E-state index contributed by atoms with van der Waals surface area (Å²) >= 11 is 0. The molecule has 1 amide bonds. The van der Waals surface area contributed by atoms with Crippen LogP contribution in [0.5, 0.6) is 0 Å². The Hall–Kier alpha value is -0.690. The van der Waals surface area contributed by atoms with Crippen molar-refractivity contribution in [2.75, 3.05) is 27.3 Å². The van der Waals surface area contributed by atoms with Crippen LogP contribution in [0, 0.1) is 0 Å². The summed E-state index contributed by atoms with van der Waals surface area (Å²) in [5.74, 6) is -0.297. The normalized spacial score (nSPS) is 16.9. The Balaban J connectivity index is 4.05. The Kier molecular flexibility index (Phi) is 6.42. The molecule has 0 heterocycles. The number of carbonyl (C=O) groups excluding carboxylic acids is 1. The molecule has 0 rings (SSSR count). The summed E-state index contributed by atoms with van der Waals surface area (Å²) in [5, 5.41) is 27.7. The van der Waals surface area contributed by atoms with Crippen molar-refractivity contribution in [3.63, 3.8) is 0 Å². The highest BCUT2D eigenvalue weighted by atomic mass is 16.5. The number of rotatable bonds is 6. The third kappa shape index (κ3) is 5.08. The van der Waals surface area contributed by atoms with Gasteiger partial charge >= 0.3 is 0 Å². The molecule has 3 N–H and O–H groups in total. The summed E-state index contributed by atoms with van der Waals surface area (Å²) in [5.41, 5.74) is 0. The number of carbonyl (C=O) groups is 1. The SMILES string of the molecule is COCC(=O)N(C)CC(O)C(O)C(C)O. The molecule has 0 aromatic rings. The molecule has 0 aliphatic heterocycles. The van der Waals surface area contributed by atoms with Crippen LogP contribution in [-0.4, -0.2) is 71.7 Å². The number of amides is 1. The molecule has 0 spiro atoms. The van der Waals surface area contributed by atoms with Gasteiger partial charge in [-0.15, -0.1) is 0 Å². The maximum Gasteiger partial charge on any atom is 0.248 e. The number of hydrogen-bond acceptors (Lipinski definition) is 5. The fraction of sp³-hybridized carbons (Fsp3) is 0.889. The molecule has 0 aliphatic carbocycles. The second-order valence-corrected chi connectivity index (χ2v) is 3.51. The quantitative estimate of drug-likeness (QED) is 0.492. The largest absolute Gasteiger partial charge is 0.391 e. The Bertz CT molecular complexity index is 197. The molecule has 6 heteroatoms. The van der Waals surface area contributed by atoms with E-state index in [1.54, 1.807) is 0 Å². The maximum atomic E-state index is 11.2. The highest BCUT2D eigenvalue weighted by Crippen LogP contribution is 2.01. The lowest BCUT2D eigenvalue weighted by molar-refractivity contribution is -0.137. The topological polar surface area (TPSA) is 90.2 Å². The number of likely N-dealkylation sites (N-methyl/N-ethyl adjacent to an activating group) is 1. The summed E-state index contributed by atoms with van der Waals surface area (Å²) < 4.78 is 4.63. The monoisotopic (exact) mass is 221 g/mol. The first-order valence-corrected chi connectivity index (χ1v) is 4.67. The van der Waals surface area contributed by atoms with Gasteiger partial charge in [-0.05, 0) is 6.92 Å². The highest BCUT2D eigenvalue weighted by molar-refractivity contribution is 5.77. The number of aliphatic hydroxyl groups is 3. The lowest BCUT2D eigenvalue weighted by atomic mass is 10.1. The summed E-state index contributed by atoms with van der Waals surface area (Å²) in [7, 11) is 2.88. The number of hydrogen-bond donors (Lipinski definition) is 3. The molecule has 3 unspecified atom stereocenters. The van der Waals surface area contributed by atoms with Crippen molar-refractivity contribution in [1.82, 2.24) is 4.90 Å². The lowest BCUT2D eigenvalue weighted by Crippen LogP contribution is -2.45. The second-order valence-electron chi connectivity index (χ2n) is 3.51. The summed E-state index contributed by atoms with van der Waals surface area (Å²) in [6.45, 7) is 1.24. The van der Waals surface area contributed by atoms with E-state index in [0.29, 0.717) is 0 Å². The number of nitrogens with zero attached hydrogens (tertiary/aromatic N) is 1. The summed E-state index contributed by atoms with van der Waals surface area (Å²) in [4.78, 5) is 12.5. The van der Waals surface area contributed by atoms with Crippen LogP contribution in [0.1, 0.15) is 6.92 Å². The van der Waals surface area contributed by atoms with E-state index in [2.05, 4.69) is 4.74 Å². The zero-order valence-corrected chi connectivity index (χ0v) is 9.25. The first kappa shape index (κ1) is 14.3. The second kappa shape index (κ2) is 6.73. The van der Waals surface area contributed by atoms with Crippen molar-refractivity contribution in [1.29, 1.82) is 0 Å². The van der Waals surface area contributed by atoms with Gasteiger partial charge in [-0.3, -0.25) is 4.79 Å². The van der Waals surface area contributed by atoms with Crippen LogP contribution in [0.15, 0.2) is 0 Å². The molecule has 0 aromatic carbocycles. The van der Waals surface area contributed by atoms with Crippen molar-refractivity contribution in [2.24, 2.45) is 0 Å². The van der Waals surface area contributed by atoms with Crippen molar-refractivity contribution < 1.29 is 24.9 Å². The molecule has 0 aliphatic rings. The number of methoxy groups -OCH3 is 1. The lowest BCUT2D eigenvalue weighted by Gasteiger charge is -2.25. The van der Waals surface area contributed by atoms with Crippen LogP contribution in [0.2, 0.25) is 0 Å². The van der Waals surface area contributed by atoms with Gasteiger partial charge in [-0.2, -0.15) is 0 Å². The molecule has 0 saturated heterocycles. The van der Waals surface area contributed by atoms with E-state index < -0.39 is 18.3 Å².